The largest absolute Gasteiger partial charge is 0.102 e. The summed E-state index contributed by atoms with van der Waals surface area (Å²) < 4.78 is 0. The number of aliphatic carboxylic acids is 1. The fraction of sp³-hybridized carbons (Fsp3) is 0.0179. The average Bonchev–Trinajstić information content (AvgIpc) is 3.33. The Kier molecular flexibility index (Phi) is 20.4. The Bertz CT molecular complexity index is 1970. The summed E-state index contributed by atoms with van der Waals surface area (Å²) in [6.07, 6.45) is 0. The first kappa shape index (κ1) is 47.4. The Balaban J connectivity index is 0.000000167. The van der Waals surface area contributed by atoms with E-state index in [1.807, 2.05) is 0 Å². The molecular weight excluding hydrogens is 899 g/mol. The van der Waals surface area contributed by atoms with Crippen LogP contribution in [0, 0.1) is 0 Å². The monoisotopic (exact) mass is 952 g/mol. The average molecular weight is 952 g/mol. The van der Waals surface area contributed by atoms with Crippen molar-refractivity contribution >= 4 is 77.5 Å². The van der Waals surface area contributed by atoms with E-state index in [1.165, 1.54) is 47.7 Å². The predicted molar refractivity (Wildman–Crippen MR) is 274 cm³/mol. The van der Waals surface area contributed by atoms with Crippen LogP contribution in [0.2, 0.25) is 0 Å². The minimum absolute atomic E-state index is 0. The molecule has 0 spiro atoms. The fourth-order valence-corrected chi connectivity index (χ4v) is 14.7. The second-order valence-corrected chi connectivity index (χ2v) is 21.4. The summed E-state index contributed by atoms with van der Waals surface area (Å²) >= 11 is 0. The van der Waals surface area contributed by atoms with Crippen molar-refractivity contribution < 1.29 is 29.4 Å². The second kappa shape index (κ2) is 26.6. The molecule has 0 aromatic heterocycles. The SMILES string of the molecule is CC(=O)O.[RuH].c1ccc([PH+](c2ccccc2)c2ccccc2)cc1.c1ccc([PH+](c2ccccc2)c2ccccc2)cc1.c1ccc([PH+](c2ccccc2)c2ccccc2)cc1. The molecule has 0 radical (unpaired) electrons. The third-order valence-electron chi connectivity index (χ3n) is 9.56. The predicted octanol–water partition coefficient (Wildman–Crippen LogP) is 9.35. The zero-order valence-corrected chi connectivity index (χ0v) is 39.6. The summed E-state index contributed by atoms with van der Waals surface area (Å²) in [5.74, 6) is -0.833. The molecule has 0 atom stereocenters. The molecule has 0 amide bonds. The van der Waals surface area contributed by atoms with E-state index in [1.54, 1.807) is 0 Å². The Morgan fingerprint density at radius 2 is 0.339 bits per heavy atom. The number of benzene rings is 9. The maximum Gasteiger partial charge on any atom is 0.102 e. The zero-order chi connectivity index (χ0) is 42.3. The van der Waals surface area contributed by atoms with Crippen molar-refractivity contribution in [2.75, 3.05) is 0 Å². The molecule has 1 N–H and O–H groups in total. The molecule has 9 aromatic carbocycles. The number of carbonyl (C=O) groups is 1. The molecule has 0 bridgehead atoms. The van der Waals surface area contributed by atoms with Crippen molar-refractivity contribution in [3.8, 4) is 0 Å². The Morgan fingerprint density at radius 3 is 0.419 bits per heavy atom. The fourth-order valence-electron chi connectivity index (χ4n) is 6.94. The van der Waals surface area contributed by atoms with Crippen LogP contribution in [0.25, 0.3) is 0 Å². The number of carboxylic acid groups (broad SMARTS) is 1. The van der Waals surface area contributed by atoms with Crippen molar-refractivity contribution in [3.05, 3.63) is 273 Å². The molecule has 2 nitrogen and oxygen atoms in total. The van der Waals surface area contributed by atoms with Gasteiger partial charge in [-0.3, -0.25) is 4.79 Å². The smallest absolute Gasteiger partial charge is 0.0620 e. The van der Waals surface area contributed by atoms with E-state index in [-0.39, 0.29) is 19.5 Å². The van der Waals surface area contributed by atoms with E-state index in [2.05, 4.69) is 273 Å². The quantitative estimate of drug-likeness (QED) is 0.116. The molecule has 0 aliphatic heterocycles. The van der Waals surface area contributed by atoms with E-state index < -0.39 is 29.7 Å². The van der Waals surface area contributed by atoms with Crippen molar-refractivity contribution in [1.29, 1.82) is 0 Å². The molecule has 0 aliphatic carbocycles. The molecule has 6 heteroatoms. The summed E-state index contributed by atoms with van der Waals surface area (Å²) in [5, 5.41) is 20.3. The van der Waals surface area contributed by atoms with Gasteiger partial charge in [-0.1, -0.05) is 164 Å². The molecular formula is C56H53O2P3Ru+3. The number of rotatable bonds is 9. The van der Waals surface area contributed by atoms with Crippen LogP contribution in [0.15, 0.2) is 273 Å². The molecule has 9 rings (SSSR count). The Labute approximate surface area is 384 Å². The van der Waals surface area contributed by atoms with E-state index in [9.17, 15) is 0 Å². The van der Waals surface area contributed by atoms with Crippen molar-refractivity contribution in [3.63, 3.8) is 0 Å². The van der Waals surface area contributed by atoms with Gasteiger partial charge in [0.2, 0.25) is 0 Å². The van der Waals surface area contributed by atoms with Crippen LogP contribution in [0.1, 0.15) is 6.92 Å². The summed E-state index contributed by atoms with van der Waals surface area (Å²) in [6.45, 7) is 1.08. The number of carboxylic acids is 1. The van der Waals surface area contributed by atoms with Crippen molar-refractivity contribution in [1.82, 2.24) is 0 Å². The van der Waals surface area contributed by atoms with E-state index in [4.69, 9.17) is 9.90 Å². The molecule has 0 aliphatic rings. The maximum atomic E-state index is 9.00. The first-order valence-corrected chi connectivity index (χ1v) is 24.9. The summed E-state index contributed by atoms with van der Waals surface area (Å²) in [7, 11) is -2.63. The third-order valence-corrected chi connectivity index (χ3v) is 17.8. The minimum Gasteiger partial charge on any atom is -0.0620 e. The van der Waals surface area contributed by atoms with E-state index in [0.717, 1.165) is 6.92 Å². The first-order valence-electron chi connectivity index (χ1n) is 20.4. The van der Waals surface area contributed by atoms with Crippen molar-refractivity contribution in [2.45, 2.75) is 6.92 Å². The van der Waals surface area contributed by atoms with Crippen LogP contribution >= 0.6 is 23.8 Å². The van der Waals surface area contributed by atoms with Crippen LogP contribution in [0.5, 0.6) is 0 Å². The van der Waals surface area contributed by atoms with Gasteiger partial charge in [-0.25, -0.2) is 0 Å². The minimum atomic E-state index is -0.877. The van der Waals surface area contributed by atoms with Gasteiger partial charge >= 0.3 is 19.5 Å². The second-order valence-electron chi connectivity index (χ2n) is 13.9. The third kappa shape index (κ3) is 14.8. The van der Waals surface area contributed by atoms with Gasteiger partial charge in [0.15, 0.2) is 0 Å². The summed E-state index contributed by atoms with van der Waals surface area (Å²) in [4.78, 5) is 9.00. The Hall–Kier alpha value is -5.64. The van der Waals surface area contributed by atoms with Crippen LogP contribution in [0.4, 0.5) is 0 Å². The standard InChI is InChI=1S/3C18H15P.C2H4O2.Ru.H/c3*1-4-10-16(11-5-1)19(17-12-6-2-7-13-17)18-14-8-3-9-15-18;1-2(3)4;;/h3*1-15H;1H3,(H,3,4);;/p+3. The van der Waals surface area contributed by atoms with E-state index >= 15 is 0 Å². The molecule has 9 aromatic rings. The topological polar surface area (TPSA) is 37.3 Å². The normalized spacial score (nSPS) is 10.1. The first-order chi connectivity index (χ1) is 30.1. The summed E-state index contributed by atoms with van der Waals surface area (Å²) in [6, 6.07) is 97.5. The van der Waals surface area contributed by atoms with Crippen LogP contribution < -0.4 is 47.7 Å². The molecule has 0 saturated carbocycles. The van der Waals surface area contributed by atoms with Gasteiger partial charge in [-0.15, -0.1) is 0 Å². The zero-order valence-electron chi connectivity index (χ0n) is 34.7. The van der Waals surface area contributed by atoms with Crippen molar-refractivity contribution in [2.24, 2.45) is 0 Å². The molecule has 0 unspecified atom stereocenters. The molecule has 62 heavy (non-hydrogen) atoms. The van der Waals surface area contributed by atoms with E-state index in [0.29, 0.717) is 0 Å². The number of hydrogen-bond acceptors (Lipinski definition) is 1. The van der Waals surface area contributed by atoms with Gasteiger partial charge < -0.3 is 5.11 Å². The molecule has 0 heterocycles. The van der Waals surface area contributed by atoms with Crippen LogP contribution in [0.3, 0.4) is 0 Å². The van der Waals surface area contributed by atoms with Gasteiger partial charge in [-0.2, -0.15) is 0 Å². The maximum absolute atomic E-state index is 9.00. The van der Waals surface area contributed by atoms with Crippen LogP contribution in [-0.2, 0) is 24.3 Å². The van der Waals surface area contributed by atoms with Gasteiger partial charge in [0.05, 0.1) is 23.8 Å². The molecule has 0 saturated heterocycles. The number of hydrogen-bond donors (Lipinski definition) is 1. The Morgan fingerprint density at radius 1 is 0.258 bits per heavy atom. The van der Waals surface area contributed by atoms with Crippen LogP contribution in [-0.4, -0.2) is 11.1 Å². The molecule has 309 valence electrons. The van der Waals surface area contributed by atoms with Gasteiger partial charge in [-0.05, 0) is 109 Å². The van der Waals surface area contributed by atoms with Gasteiger partial charge in [0.25, 0.3) is 5.97 Å². The van der Waals surface area contributed by atoms with Gasteiger partial charge in [0, 0.05) is 6.92 Å². The van der Waals surface area contributed by atoms with Gasteiger partial charge in [0.1, 0.15) is 47.7 Å². The summed E-state index contributed by atoms with van der Waals surface area (Å²) in [5.41, 5.74) is 0. The molecule has 0 fully saturated rings.